The van der Waals surface area contributed by atoms with Crippen LogP contribution in [0.5, 0.6) is 5.75 Å². The molecule has 1 saturated heterocycles. The maximum atomic E-state index is 12.3. The summed E-state index contributed by atoms with van der Waals surface area (Å²) in [7, 11) is 0.0567. The molecule has 0 aliphatic carbocycles. The first-order valence-electron chi connectivity index (χ1n) is 8.86. The molecule has 1 aromatic carbocycles. The number of hydrogen-bond donors (Lipinski definition) is 1. The molecule has 1 aliphatic rings. The minimum Gasteiger partial charge on any atom is -0.497 e. The van der Waals surface area contributed by atoms with Crippen LogP contribution < -0.4 is 14.4 Å². The Hall–Kier alpha value is -1.80. The number of carbonyl (C=O) groups excluding carboxylic acids is 1. The molecule has 0 saturated carbocycles. The van der Waals surface area contributed by atoms with Crippen molar-refractivity contribution in [3.8, 4) is 5.75 Å². The van der Waals surface area contributed by atoms with Gasteiger partial charge in [0.15, 0.2) is 0 Å². The summed E-state index contributed by atoms with van der Waals surface area (Å²) < 4.78 is 30.5. The highest BCUT2D eigenvalue weighted by molar-refractivity contribution is 7.92. The van der Waals surface area contributed by atoms with E-state index in [2.05, 4.69) is 17.3 Å². The molecule has 8 heteroatoms. The Morgan fingerprint density at radius 2 is 2.04 bits per heavy atom. The third kappa shape index (κ3) is 6.17. The van der Waals surface area contributed by atoms with Gasteiger partial charge in [-0.2, -0.15) is 0 Å². The number of amides is 1. The van der Waals surface area contributed by atoms with Gasteiger partial charge in [0.2, 0.25) is 15.9 Å². The van der Waals surface area contributed by atoms with E-state index in [1.54, 1.807) is 24.3 Å². The minimum atomic E-state index is -3.58. The lowest BCUT2D eigenvalue weighted by atomic mass is 9.94. The second-order valence-electron chi connectivity index (χ2n) is 6.86. The van der Waals surface area contributed by atoms with Crippen LogP contribution in [0.2, 0.25) is 0 Å². The van der Waals surface area contributed by atoms with Crippen LogP contribution >= 0.6 is 0 Å². The van der Waals surface area contributed by atoms with E-state index in [0.29, 0.717) is 23.9 Å². The molecule has 7 nitrogen and oxygen atoms in total. The van der Waals surface area contributed by atoms with Crippen LogP contribution in [-0.2, 0) is 14.8 Å². The molecule has 0 unspecified atom stereocenters. The van der Waals surface area contributed by atoms with Crippen LogP contribution in [0.15, 0.2) is 24.3 Å². The number of piperidine rings is 1. The van der Waals surface area contributed by atoms with E-state index < -0.39 is 10.0 Å². The first-order valence-corrected chi connectivity index (χ1v) is 10.7. The molecule has 0 spiro atoms. The zero-order valence-corrected chi connectivity index (χ0v) is 16.6. The van der Waals surface area contributed by atoms with E-state index in [1.165, 1.54) is 7.11 Å². The average Bonchev–Trinajstić information content (AvgIpc) is 2.60. The van der Waals surface area contributed by atoms with Gasteiger partial charge in [0, 0.05) is 12.6 Å². The molecular formula is C18H29N3O4S. The summed E-state index contributed by atoms with van der Waals surface area (Å²) in [6.07, 6.45) is 4.31. The molecule has 0 radical (unpaired) electrons. The summed E-state index contributed by atoms with van der Waals surface area (Å²) in [5.74, 6) is 0.862. The number of methoxy groups -OCH3 is 1. The predicted molar refractivity (Wildman–Crippen MR) is 103 cm³/mol. The first kappa shape index (κ1) is 20.5. The standard InChI is InChI=1S/C18H29N3O4S/c1-20-11-8-15(9-12-20)7-10-19-18(22)14-21(26(3,23)24)16-5-4-6-17(13-16)25-2/h4-6,13,15H,7-12,14H2,1-3H3,(H,19,22). The normalized spacial score (nSPS) is 16.3. The maximum absolute atomic E-state index is 12.3. The molecule has 2 rings (SSSR count). The Morgan fingerprint density at radius 1 is 1.35 bits per heavy atom. The number of carbonyl (C=O) groups is 1. The van der Waals surface area contributed by atoms with E-state index in [0.717, 1.165) is 42.9 Å². The molecule has 0 atom stereocenters. The van der Waals surface area contributed by atoms with Gasteiger partial charge < -0.3 is 15.0 Å². The number of ether oxygens (including phenoxy) is 1. The van der Waals surface area contributed by atoms with Gasteiger partial charge in [-0.05, 0) is 57.5 Å². The molecule has 146 valence electrons. The second-order valence-corrected chi connectivity index (χ2v) is 8.76. The largest absolute Gasteiger partial charge is 0.497 e. The highest BCUT2D eigenvalue weighted by Gasteiger charge is 2.22. The average molecular weight is 384 g/mol. The fourth-order valence-corrected chi connectivity index (χ4v) is 3.97. The van der Waals surface area contributed by atoms with Crippen molar-refractivity contribution in [2.75, 3.05) is 50.9 Å². The highest BCUT2D eigenvalue weighted by atomic mass is 32.2. The van der Waals surface area contributed by atoms with Crippen molar-refractivity contribution in [3.05, 3.63) is 24.3 Å². The Morgan fingerprint density at radius 3 is 2.65 bits per heavy atom. The molecule has 0 aromatic heterocycles. The summed E-state index contributed by atoms with van der Waals surface area (Å²) in [4.78, 5) is 14.6. The Bertz CT molecular complexity index is 700. The van der Waals surface area contributed by atoms with Crippen molar-refractivity contribution in [2.24, 2.45) is 5.92 Å². The summed E-state index contributed by atoms with van der Waals surface area (Å²) >= 11 is 0. The van der Waals surface area contributed by atoms with Gasteiger partial charge in [0.05, 0.1) is 19.1 Å². The highest BCUT2D eigenvalue weighted by Crippen LogP contribution is 2.23. The van der Waals surface area contributed by atoms with Gasteiger partial charge in [-0.25, -0.2) is 8.42 Å². The van der Waals surface area contributed by atoms with E-state index in [4.69, 9.17) is 4.74 Å². The van der Waals surface area contributed by atoms with Crippen molar-refractivity contribution in [1.82, 2.24) is 10.2 Å². The van der Waals surface area contributed by atoms with Crippen molar-refractivity contribution in [3.63, 3.8) is 0 Å². The van der Waals surface area contributed by atoms with Crippen molar-refractivity contribution < 1.29 is 17.9 Å². The summed E-state index contributed by atoms with van der Waals surface area (Å²) in [5, 5.41) is 2.85. The van der Waals surface area contributed by atoms with Crippen molar-refractivity contribution >= 4 is 21.6 Å². The molecular weight excluding hydrogens is 354 g/mol. The topological polar surface area (TPSA) is 79.0 Å². The van der Waals surface area contributed by atoms with Gasteiger partial charge in [-0.1, -0.05) is 6.07 Å². The predicted octanol–water partition coefficient (Wildman–Crippen LogP) is 1.31. The Labute approximate surface area is 156 Å². The lowest BCUT2D eigenvalue weighted by molar-refractivity contribution is -0.119. The molecule has 26 heavy (non-hydrogen) atoms. The number of likely N-dealkylation sites (tertiary alicyclic amines) is 1. The SMILES string of the molecule is COc1cccc(N(CC(=O)NCCC2CCN(C)CC2)S(C)(=O)=O)c1. The number of nitrogens with one attached hydrogen (secondary N) is 1. The maximum Gasteiger partial charge on any atom is 0.240 e. The molecule has 1 aromatic rings. The van der Waals surface area contributed by atoms with Crippen molar-refractivity contribution in [1.29, 1.82) is 0 Å². The second kappa shape index (κ2) is 9.23. The molecule has 1 N–H and O–H groups in total. The number of rotatable bonds is 8. The van der Waals surface area contributed by atoms with Crippen molar-refractivity contribution in [2.45, 2.75) is 19.3 Å². The molecule has 1 fully saturated rings. The van der Waals surface area contributed by atoms with E-state index in [9.17, 15) is 13.2 Å². The number of hydrogen-bond acceptors (Lipinski definition) is 5. The number of anilines is 1. The fraction of sp³-hybridized carbons (Fsp3) is 0.611. The number of nitrogens with zero attached hydrogens (tertiary/aromatic N) is 2. The fourth-order valence-electron chi connectivity index (χ4n) is 3.12. The number of benzene rings is 1. The van der Waals surface area contributed by atoms with E-state index >= 15 is 0 Å². The van der Waals surface area contributed by atoms with Crippen LogP contribution in [0.1, 0.15) is 19.3 Å². The lowest BCUT2D eigenvalue weighted by Crippen LogP contribution is -2.41. The smallest absolute Gasteiger partial charge is 0.240 e. The molecule has 0 bridgehead atoms. The van der Waals surface area contributed by atoms with Crippen LogP contribution in [0.4, 0.5) is 5.69 Å². The first-order chi connectivity index (χ1) is 12.3. The van der Waals surface area contributed by atoms with Gasteiger partial charge in [0.25, 0.3) is 0 Å². The Kier molecular flexibility index (Phi) is 7.28. The van der Waals surface area contributed by atoms with Crippen LogP contribution in [0, 0.1) is 5.92 Å². The van der Waals surface area contributed by atoms with E-state index in [-0.39, 0.29) is 12.5 Å². The summed E-state index contributed by atoms with van der Waals surface area (Å²) in [5.41, 5.74) is 0.414. The van der Waals surface area contributed by atoms with E-state index in [1.807, 2.05) is 0 Å². The molecule has 1 aliphatic heterocycles. The third-order valence-electron chi connectivity index (χ3n) is 4.74. The van der Waals surface area contributed by atoms with Gasteiger partial charge in [0.1, 0.15) is 12.3 Å². The summed E-state index contributed by atoms with van der Waals surface area (Å²) in [6, 6.07) is 6.68. The lowest BCUT2D eigenvalue weighted by Gasteiger charge is -2.29. The Balaban J connectivity index is 1.90. The molecule has 1 heterocycles. The van der Waals surface area contributed by atoms with Gasteiger partial charge >= 0.3 is 0 Å². The van der Waals surface area contributed by atoms with Gasteiger partial charge in [-0.15, -0.1) is 0 Å². The summed E-state index contributed by atoms with van der Waals surface area (Å²) in [6.45, 7) is 2.52. The third-order valence-corrected chi connectivity index (χ3v) is 5.88. The van der Waals surface area contributed by atoms with Crippen LogP contribution in [-0.4, -0.2) is 65.8 Å². The zero-order chi connectivity index (χ0) is 19.2. The van der Waals surface area contributed by atoms with Gasteiger partial charge in [-0.3, -0.25) is 9.10 Å². The van der Waals surface area contributed by atoms with Crippen LogP contribution in [0.3, 0.4) is 0 Å². The minimum absolute atomic E-state index is 0.237. The number of sulfonamides is 1. The quantitative estimate of drug-likeness (QED) is 0.732. The van der Waals surface area contributed by atoms with Crippen LogP contribution in [0.25, 0.3) is 0 Å². The molecule has 1 amide bonds. The monoisotopic (exact) mass is 383 g/mol. The zero-order valence-electron chi connectivity index (χ0n) is 15.8.